The first-order chi connectivity index (χ1) is 5.33. The third-order valence-corrected chi connectivity index (χ3v) is 1.79. The fourth-order valence-electron chi connectivity index (χ4n) is 0.411. The molecule has 2 nitrogen and oxygen atoms in total. The van der Waals surface area contributed by atoms with Gasteiger partial charge in [0.05, 0.1) is 6.61 Å². The smallest absolute Gasteiger partial charge is 0.522 e. The van der Waals surface area contributed by atoms with Gasteiger partial charge in [-0.1, -0.05) is 0 Å². The second-order valence-electron chi connectivity index (χ2n) is 2.08. The van der Waals surface area contributed by atoms with Gasteiger partial charge in [-0.25, -0.2) is 4.71 Å². The van der Waals surface area contributed by atoms with E-state index >= 15 is 0 Å². The van der Waals surface area contributed by atoms with Crippen molar-refractivity contribution in [2.24, 2.45) is 0 Å². The molecule has 0 aromatic carbocycles. The van der Waals surface area contributed by atoms with Crippen LogP contribution in [-0.2, 0) is 52.4 Å². The Morgan fingerprint density at radius 3 is 2.15 bits per heavy atom. The molecular formula is C5H8AuF3NOS2-2. The van der Waals surface area contributed by atoms with Crippen LogP contribution in [0.15, 0.2) is 0 Å². The second kappa shape index (κ2) is 7.44. The number of ether oxygens (including phenoxy) is 1. The monoisotopic (exact) mass is 416 g/mol. The molecule has 85 valence electrons. The standard InChI is InChI=1S/C5H10F3NOS2.Au/c1-9(4(11)12)2-3-10-5(6,7)8;/h4,11-12H,2-3H2,1H3;/p-2. The van der Waals surface area contributed by atoms with E-state index in [-0.39, 0.29) is 28.9 Å². The molecule has 0 amide bonds. The van der Waals surface area contributed by atoms with E-state index in [4.69, 9.17) is 0 Å². The van der Waals surface area contributed by atoms with E-state index in [1.807, 2.05) is 0 Å². The summed E-state index contributed by atoms with van der Waals surface area (Å²) in [7, 11) is 1.55. The maximum Gasteiger partial charge on any atom is 0.522 e. The van der Waals surface area contributed by atoms with Gasteiger partial charge in [0.1, 0.15) is 0 Å². The van der Waals surface area contributed by atoms with E-state index in [1.165, 1.54) is 4.90 Å². The fourth-order valence-corrected chi connectivity index (χ4v) is 0.622. The van der Waals surface area contributed by atoms with Crippen molar-refractivity contribution in [3.05, 3.63) is 0 Å². The molecule has 1 radical (unpaired) electrons. The van der Waals surface area contributed by atoms with E-state index in [0.29, 0.717) is 0 Å². The van der Waals surface area contributed by atoms with E-state index in [2.05, 4.69) is 30.0 Å². The Kier molecular flexibility index (Phi) is 9.49. The molecule has 0 aliphatic heterocycles. The number of nitrogens with zero attached hydrogens (tertiary/aromatic N) is 1. The molecule has 0 aliphatic carbocycles. The van der Waals surface area contributed by atoms with Crippen LogP contribution in [-0.4, -0.2) is 36.2 Å². The van der Waals surface area contributed by atoms with Crippen LogP contribution in [0.1, 0.15) is 0 Å². The largest absolute Gasteiger partial charge is 0.800 e. The minimum Gasteiger partial charge on any atom is -0.800 e. The Morgan fingerprint density at radius 2 is 1.85 bits per heavy atom. The Hall–Kier alpha value is 1.15. The van der Waals surface area contributed by atoms with Gasteiger partial charge in [0.15, 0.2) is 0 Å². The summed E-state index contributed by atoms with van der Waals surface area (Å²) in [4.78, 5) is 1.41. The minimum atomic E-state index is -4.57. The summed E-state index contributed by atoms with van der Waals surface area (Å²) in [6.07, 6.45) is -4.57. The normalized spacial score (nSPS) is 12.0. The van der Waals surface area contributed by atoms with Crippen molar-refractivity contribution in [2.75, 3.05) is 20.2 Å². The summed E-state index contributed by atoms with van der Waals surface area (Å²) >= 11 is 9.22. The number of likely N-dealkylation sites (N-methyl/N-ethyl adjacent to an activating group) is 1. The van der Waals surface area contributed by atoms with Gasteiger partial charge in [-0.15, -0.1) is 13.2 Å². The Morgan fingerprint density at radius 1 is 1.38 bits per heavy atom. The molecule has 0 heterocycles. The number of halogens is 3. The van der Waals surface area contributed by atoms with E-state index < -0.39 is 17.7 Å². The summed E-state index contributed by atoms with van der Waals surface area (Å²) < 4.78 is 37.2. The molecule has 8 heteroatoms. The van der Waals surface area contributed by atoms with Gasteiger partial charge < -0.3 is 30.2 Å². The third-order valence-electron chi connectivity index (χ3n) is 1.07. The summed E-state index contributed by atoms with van der Waals surface area (Å²) in [6.45, 7) is -0.360. The Bertz CT molecular complexity index is 135. The molecule has 0 unspecified atom stereocenters. The maximum absolute atomic E-state index is 11.4. The van der Waals surface area contributed by atoms with Gasteiger partial charge >= 0.3 is 6.36 Å². The molecule has 13 heavy (non-hydrogen) atoms. The first-order valence-corrected chi connectivity index (χ1v) is 4.00. The summed E-state index contributed by atoms with van der Waals surface area (Å²) in [5.74, 6) is 0. The van der Waals surface area contributed by atoms with Gasteiger partial charge in [0, 0.05) is 28.9 Å². The predicted octanol–water partition coefficient (Wildman–Crippen LogP) is 0.829. The number of rotatable bonds is 4. The van der Waals surface area contributed by atoms with Crippen molar-refractivity contribution >= 4 is 25.3 Å². The van der Waals surface area contributed by atoms with E-state index in [1.54, 1.807) is 7.05 Å². The molecule has 0 saturated carbocycles. The Balaban J connectivity index is 0. The molecule has 0 rings (SSSR count). The zero-order chi connectivity index (χ0) is 9.78. The summed E-state index contributed by atoms with van der Waals surface area (Å²) in [5, 5.41) is 0. The van der Waals surface area contributed by atoms with Crippen LogP contribution in [0.4, 0.5) is 13.2 Å². The number of hydrogen-bond donors (Lipinski definition) is 0. The summed E-state index contributed by atoms with van der Waals surface area (Å²) in [5.41, 5.74) is 0. The van der Waals surface area contributed by atoms with Gasteiger partial charge in [-0.05, 0) is 7.05 Å². The van der Waals surface area contributed by atoms with Crippen LogP contribution in [0.5, 0.6) is 0 Å². The van der Waals surface area contributed by atoms with Crippen LogP contribution in [0.2, 0.25) is 0 Å². The van der Waals surface area contributed by atoms with Crippen molar-refractivity contribution in [3.8, 4) is 0 Å². The van der Waals surface area contributed by atoms with Gasteiger partial charge in [-0.2, -0.15) is 0 Å². The average Bonchev–Trinajstić information content (AvgIpc) is 1.84. The molecule has 0 atom stereocenters. The van der Waals surface area contributed by atoms with Crippen molar-refractivity contribution in [1.29, 1.82) is 0 Å². The van der Waals surface area contributed by atoms with Crippen molar-refractivity contribution in [3.63, 3.8) is 0 Å². The molecule has 0 N–H and O–H groups in total. The molecule has 0 bridgehead atoms. The van der Waals surface area contributed by atoms with Crippen LogP contribution in [0.3, 0.4) is 0 Å². The van der Waals surface area contributed by atoms with Gasteiger partial charge in [0.2, 0.25) is 0 Å². The molecule has 0 saturated heterocycles. The zero-order valence-corrected chi connectivity index (χ0v) is 10.4. The van der Waals surface area contributed by atoms with Crippen molar-refractivity contribution in [1.82, 2.24) is 4.90 Å². The number of alkyl halides is 3. The quantitative estimate of drug-likeness (QED) is 0.497. The molecule has 0 aromatic heterocycles. The van der Waals surface area contributed by atoms with Gasteiger partial charge in [0.25, 0.3) is 0 Å². The molecule has 0 aliphatic rings. The second-order valence-corrected chi connectivity index (χ2v) is 3.27. The average molecular weight is 416 g/mol. The fraction of sp³-hybridized carbons (Fsp3) is 1.00. The molecule has 0 fully saturated rings. The first-order valence-electron chi connectivity index (χ1n) is 3.05. The van der Waals surface area contributed by atoms with Crippen LogP contribution >= 0.6 is 0 Å². The van der Waals surface area contributed by atoms with Crippen LogP contribution < -0.4 is 0 Å². The SMILES string of the molecule is CN(CCOC(F)(F)F)C([S-])[S-].[Au]. The zero-order valence-electron chi connectivity index (χ0n) is 6.60. The maximum atomic E-state index is 11.4. The van der Waals surface area contributed by atoms with Crippen molar-refractivity contribution in [2.45, 2.75) is 11.1 Å². The van der Waals surface area contributed by atoms with Crippen molar-refractivity contribution < 1.29 is 40.3 Å². The van der Waals surface area contributed by atoms with Crippen LogP contribution in [0, 0.1) is 0 Å². The van der Waals surface area contributed by atoms with Crippen LogP contribution in [0.25, 0.3) is 0 Å². The molecule has 0 spiro atoms. The summed E-state index contributed by atoms with van der Waals surface area (Å²) in [6, 6.07) is 0. The number of hydrogen-bond acceptors (Lipinski definition) is 4. The first kappa shape index (κ1) is 16.6. The van der Waals surface area contributed by atoms with Gasteiger partial charge in [-0.3, -0.25) is 4.74 Å². The third kappa shape index (κ3) is 11.1. The molecule has 0 aromatic rings. The molecular weight excluding hydrogens is 408 g/mol. The topological polar surface area (TPSA) is 12.5 Å². The van der Waals surface area contributed by atoms with E-state index in [0.717, 1.165) is 0 Å². The van der Waals surface area contributed by atoms with E-state index in [9.17, 15) is 13.2 Å². The predicted molar refractivity (Wildman–Crippen MR) is 43.2 cm³/mol. The Labute approximate surface area is 102 Å². The minimum absolute atomic E-state index is 0.